The van der Waals surface area contributed by atoms with Gasteiger partial charge in [-0.2, -0.15) is 0 Å². The molecule has 0 N–H and O–H groups in total. The van der Waals surface area contributed by atoms with Crippen LogP contribution in [0.25, 0.3) is 21.5 Å². The zero-order valence-electron chi connectivity index (χ0n) is 14.2. The van der Waals surface area contributed by atoms with Gasteiger partial charge < -0.3 is 4.74 Å². The summed E-state index contributed by atoms with van der Waals surface area (Å²) in [5.41, 5.74) is 0.0758. The Kier molecular flexibility index (Phi) is 4.63. The van der Waals surface area contributed by atoms with E-state index in [2.05, 4.69) is 0 Å². The molecule has 0 amide bonds. The van der Waals surface area contributed by atoms with Gasteiger partial charge in [0.05, 0.1) is 15.5 Å². The number of carbonyl (C=O) groups excluding carboxylic acids is 1. The number of hydrogen-bond acceptors (Lipinski definition) is 4. The van der Waals surface area contributed by atoms with E-state index >= 15 is 0 Å². The molecule has 0 aliphatic carbocycles. The van der Waals surface area contributed by atoms with E-state index < -0.39 is 10.9 Å². The monoisotopic (exact) mass is 411 g/mol. The number of nitrogens with zero attached hydrogens (tertiary/aromatic N) is 1. The lowest BCUT2D eigenvalue weighted by Gasteiger charge is -2.13. The lowest BCUT2D eigenvalue weighted by atomic mass is 10.0. The predicted octanol–water partition coefficient (Wildman–Crippen LogP) is 6.43. The molecule has 0 saturated heterocycles. The van der Waals surface area contributed by atoms with E-state index in [-0.39, 0.29) is 11.3 Å². The Morgan fingerprint density at radius 2 is 1.57 bits per heavy atom. The van der Waals surface area contributed by atoms with Crippen molar-refractivity contribution in [1.82, 2.24) is 0 Å². The van der Waals surface area contributed by atoms with Crippen LogP contribution in [0.15, 0.2) is 66.7 Å². The zero-order chi connectivity index (χ0) is 19.8. The van der Waals surface area contributed by atoms with Gasteiger partial charge in [0, 0.05) is 33.3 Å². The number of fused-ring (bicyclic) bond motifs is 2. The van der Waals surface area contributed by atoms with Crippen molar-refractivity contribution in [2.24, 2.45) is 0 Å². The number of benzene rings is 4. The molecule has 4 rings (SSSR count). The quantitative estimate of drug-likeness (QED) is 0.128. The Balaban J connectivity index is 1.87. The molecule has 0 spiro atoms. The molecule has 5 nitrogen and oxygen atoms in total. The van der Waals surface area contributed by atoms with E-state index in [1.54, 1.807) is 30.3 Å². The first-order valence-corrected chi connectivity index (χ1v) is 8.97. The van der Waals surface area contributed by atoms with Crippen LogP contribution in [0.4, 0.5) is 5.69 Å². The molecule has 0 unspecified atom stereocenters. The third-order valence-electron chi connectivity index (χ3n) is 4.38. The molecule has 4 aromatic carbocycles. The van der Waals surface area contributed by atoms with E-state index in [1.165, 1.54) is 24.3 Å². The van der Waals surface area contributed by atoms with Crippen molar-refractivity contribution in [3.05, 3.63) is 92.5 Å². The van der Waals surface area contributed by atoms with Crippen molar-refractivity contribution in [3.8, 4) is 5.75 Å². The fraction of sp³-hybridized carbons (Fsp3) is 0. The number of hydrogen-bond donors (Lipinski definition) is 0. The molecular weight excluding hydrogens is 401 g/mol. The third kappa shape index (κ3) is 3.15. The molecule has 0 aliphatic heterocycles. The van der Waals surface area contributed by atoms with Crippen LogP contribution in [0, 0.1) is 10.1 Å². The first-order chi connectivity index (χ1) is 13.5. The van der Waals surface area contributed by atoms with Crippen LogP contribution in [0.2, 0.25) is 10.0 Å². The summed E-state index contributed by atoms with van der Waals surface area (Å²) in [6.45, 7) is 0. The molecule has 0 bridgehead atoms. The maximum Gasteiger partial charge on any atom is 0.343 e. The average Bonchev–Trinajstić information content (AvgIpc) is 2.68. The summed E-state index contributed by atoms with van der Waals surface area (Å²) in [6.07, 6.45) is 0. The second kappa shape index (κ2) is 7.11. The summed E-state index contributed by atoms with van der Waals surface area (Å²) < 4.78 is 5.71. The highest BCUT2D eigenvalue weighted by Crippen LogP contribution is 2.41. The minimum Gasteiger partial charge on any atom is -0.422 e. The second-order valence-corrected chi connectivity index (χ2v) is 6.89. The fourth-order valence-corrected chi connectivity index (χ4v) is 3.55. The molecule has 28 heavy (non-hydrogen) atoms. The Hall–Kier alpha value is -3.15. The maximum atomic E-state index is 12.7. The first kappa shape index (κ1) is 18.2. The van der Waals surface area contributed by atoms with Gasteiger partial charge in [0.25, 0.3) is 5.69 Å². The van der Waals surface area contributed by atoms with Crippen LogP contribution in [0.5, 0.6) is 5.75 Å². The second-order valence-electron chi connectivity index (χ2n) is 6.07. The van der Waals surface area contributed by atoms with Gasteiger partial charge in [-0.15, -0.1) is 0 Å². The third-order valence-corrected chi connectivity index (χ3v) is 5.02. The van der Waals surface area contributed by atoms with Crippen molar-refractivity contribution < 1.29 is 14.5 Å². The van der Waals surface area contributed by atoms with E-state index in [0.717, 1.165) is 10.8 Å². The van der Waals surface area contributed by atoms with Gasteiger partial charge in [-0.1, -0.05) is 47.5 Å². The van der Waals surface area contributed by atoms with Crippen molar-refractivity contribution in [2.45, 2.75) is 0 Å². The van der Waals surface area contributed by atoms with Crippen LogP contribution < -0.4 is 4.74 Å². The Labute approximate surface area is 169 Å². The number of nitro groups is 1. The summed E-state index contributed by atoms with van der Waals surface area (Å²) in [4.78, 5) is 23.0. The zero-order valence-corrected chi connectivity index (χ0v) is 15.7. The molecule has 0 fully saturated rings. The summed E-state index contributed by atoms with van der Waals surface area (Å²) in [5.74, 6) is -0.354. The summed E-state index contributed by atoms with van der Waals surface area (Å²) in [5, 5.41) is 14.5. The minimum atomic E-state index is -0.649. The average molecular weight is 412 g/mol. The topological polar surface area (TPSA) is 69.4 Å². The van der Waals surface area contributed by atoms with Crippen LogP contribution in [0.1, 0.15) is 10.4 Å². The van der Waals surface area contributed by atoms with Gasteiger partial charge in [0.15, 0.2) is 0 Å². The molecule has 0 aromatic heterocycles. The Bertz CT molecular complexity index is 1250. The Morgan fingerprint density at radius 3 is 2.29 bits per heavy atom. The highest BCUT2D eigenvalue weighted by atomic mass is 35.5. The molecule has 0 atom stereocenters. The highest BCUT2D eigenvalue weighted by molar-refractivity contribution is 6.39. The number of non-ortho nitro benzene ring substituents is 1. The summed E-state index contributed by atoms with van der Waals surface area (Å²) >= 11 is 12.7. The van der Waals surface area contributed by atoms with Crippen LogP contribution >= 0.6 is 23.2 Å². The summed E-state index contributed by atoms with van der Waals surface area (Å²) in [7, 11) is 0. The highest BCUT2D eigenvalue weighted by Gasteiger charge is 2.18. The van der Waals surface area contributed by atoms with Crippen molar-refractivity contribution in [2.75, 3.05) is 0 Å². The number of carbonyl (C=O) groups is 1. The molecule has 0 heterocycles. The number of nitro benzene ring substituents is 1. The summed E-state index contributed by atoms with van der Waals surface area (Å²) in [6, 6.07) is 17.8. The predicted molar refractivity (Wildman–Crippen MR) is 110 cm³/mol. The number of ether oxygens (including phenoxy) is 1. The van der Waals surface area contributed by atoms with Gasteiger partial charge >= 0.3 is 5.97 Å². The number of esters is 1. The Morgan fingerprint density at radius 1 is 0.893 bits per heavy atom. The first-order valence-electron chi connectivity index (χ1n) is 8.22. The van der Waals surface area contributed by atoms with Crippen LogP contribution in [-0.4, -0.2) is 10.9 Å². The maximum absolute atomic E-state index is 12.7. The van der Waals surface area contributed by atoms with E-state index in [1.807, 2.05) is 12.1 Å². The molecule has 4 aromatic rings. The molecule has 0 saturated carbocycles. The largest absolute Gasteiger partial charge is 0.422 e. The van der Waals surface area contributed by atoms with Crippen molar-refractivity contribution in [3.63, 3.8) is 0 Å². The van der Waals surface area contributed by atoms with Gasteiger partial charge in [0.2, 0.25) is 0 Å². The van der Waals surface area contributed by atoms with Gasteiger partial charge in [-0.3, -0.25) is 10.1 Å². The number of rotatable bonds is 3. The SMILES string of the molecule is O=C(Oc1c2cccc(Cl)c2cc2cccc(Cl)c12)c1ccc([N+](=O)[O-])cc1. The van der Waals surface area contributed by atoms with E-state index in [9.17, 15) is 14.9 Å². The smallest absolute Gasteiger partial charge is 0.343 e. The molecule has 0 aliphatic rings. The number of halogens is 2. The lowest BCUT2D eigenvalue weighted by molar-refractivity contribution is -0.384. The van der Waals surface area contributed by atoms with Crippen LogP contribution in [-0.2, 0) is 0 Å². The molecule has 0 radical (unpaired) electrons. The molecule has 138 valence electrons. The van der Waals surface area contributed by atoms with Gasteiger partial charge in [0.1, 0.15) is 5.75 Å². The normalized spacial score (nSPS) is 10.9. The van der Waals surface area contributed by atoms with Crippen LogP contribution in [0.3, 0.4) is 0 Å². The fourth-order valence-electron chi connectivity index (χ4n) is 3.05. The van der Waals surface area contributed by atoms with Gasteiger partial charge in [-0.25, -0.2) is 4.79 Å². The van der Waals surface area contributed by atoms with Crippen molar-refractivity contribution >= 4 is 56.4 Å². The van der Waals surface area contributed by atoms with Gasteiger partial charge in [-0.05, 0) is 35.7 Å². The lowest BCUT2D eigenvalue weighted by Crippen LogP contribution is -2.09. The minimum absolute atomic E-state index is 0.109. The standard InChI is InChI=1S/C21H11Cl2NO4/c22-17-5-2-4-15-16(17)11-13-3-1-6-18(23)19(13)20(15)28-21(25)12-7-9-14(10-8-12)24(26)27/h1-11H. The van der Waals surface area contributed by atoms with E-state index in [4.69, 9.17) is 27.9 Å². The van der Waals surface area contributed by atoms with Crippen molar-refractivity contribution in [1.29, 1.82) is 0 Å². The molecular formula is C21H11Cl2NO4. The van der Waals surface area contributed by atoms with E-state index in [0.29, 0.717) is 26.6 Å². The molecule has 7 heteroatoms.